The summed E-state index contributed by atoms with van der Waals surface area (Å²) in [6.45, 7) is 3.96. The summed E-state index contributed by atoms with van der Waals surface area (Å²) in [7, 11) is -3.51. The summed E-state index contributed by atoms with van der Waals surface area (Å²) < 4.78 is 44.9. The van der Waals surface area contributed by atoms with Crippen molar-refractivity contribution in [1.29, 1.82) is 0 Å². The molecule has 20 heavy (non-hydrogen) atoms. The van der Waals surface area contributed by atoms with Crippen molar-refractivity contribution in [3.63, 3.8) is 0 Å². The Morgan fingerprint density at radius 3 is 2.65 bits per heavy atom. The van der Waals surface area contributed by atoms with Crippen LogP contribution in [-0.4, -0.2) is 52.7 Å². The Morgan fingerprint density at radius 2 is 1.95 bits per heavy atom. The molecule has 0 bridgehead atoms. The maximum absolute atomic E-state index is 13.4. The molecule has 1 aromatic carbocycles. The predicted octanol–water partition coefficient (Wildman–Crippen LogP) is 0.577. The average molecular weight is 302 g/mol. The Kier molecular flexibility index (Phi) is 5.47. The van der Waals surface area contributed by atoms with Gasteiger partial charge >= 0.3 is 0 Å². The van der Waals surface area contributed by atoms with Gasteiger partial charge in [-0.05, 0) is 6.07 Å². The van der Waals surface area contributed by atoms with E-state index in [1.165, 1.54) is 18.2 Å². The monoisotopic (exact) mass is 302 g/mol. The molecule has 0 aromatic heterocycles. The van der Waals surface area contributed by atoms with E-state index in [2.05, 4.69) is 9.62 Å². The molecule has 0 spiro atoms. The van der Waals surface area contributed by atoms with Crippen LogP contribution in [-0.2, 0) is 20.5 Å². The number of nitrogens with one attached hydrogen (secondary N) is 1. The Balaban J connectivity index is 1.80. The second-order valence-electron chi connectivity index (χ2n) is 4.70. The predicted molar refractivity (Wildman–Crippen MR) is 74.3 cm³/mol. The summed E-state index contributed by atoms with van der Waals surface area (Å²) in [5.74, 6) is -0.825. The van der Waals surface area contributed by atoms with Crippen molar-refractivity contribution in [2.45, 2.75) is 5.75 Å². The molecule has 1 aliphatic heterocycles. The molecule has 1 fully saturated rings. The molecule has 1 saturated heterocycles. The van der Waals surface area contributed by atoms with Crippen LogP contribution in [0.15, 0.2) is 24.3 Å². The Hall–Kier alpha value is -1.02. The van der Waals surface area contributed by atoms with Gasteiger partial charge in [0.2, 0.25) is 10.0 Å². The molecule has 0 amide bonds. The number of benzene rings is 1. The normalized spacial score (nSPS) is 17.2. The van der Waals surface area contributed by atoms with E-state index in [0.717, 1.165) is 13.1 Å². The number of sulfonamides is 1. The zero-order chi connectivity index (χ0) is 14.4. The quantitative estimate of drug-likeness (QED) is 0.835. The van der Waals surface area contributed by atoms with E-state index in [1.54, 1.807) is 6.07 Å². The summed E-state index contributed by atoms with van der Waals surface area (Å²) in [6.07, 6.45) is 0. The van der Waals surface area contributed by atoms with E-state index in [0.29, 0.717) is 26.3 Å². The van der Waals surface area contributed by atoms with Gasteiger partial charge < -0.3 is 4.74 Å². The molecular formula is C13H19FN2O3S. The third-order valence-corrected chi connectivity index (χ3v) is 4.49. The van der Waals surface area contributed by atoms with Crippen molar-refractivity contribution >= 4 is 10.0 Å². The van der Waals surface area contributed by atoms with Crippen LogP contribution in [0.3, 0.4) is 0 Å². The number of morpholine rings is 1. The minimum absolute atomic E-state index is 0.186. The minimum atomic E-state index is -3.51. The highest BCUT2D eigenvalue weighted by Gasteiger charge is 2.15. The van der Waals surface area contributed by atoms with Crippen molar-refractivity contribution in [2.24, 2.45) is 0 Å². The fourth-order valence-electron chi connectivity index (χ4n) is 2.06. The van der Waals surface area contributed by atoms with E-state index >= 15 is 0 Å². The highest BCUT2D eigenvalue weighted by molar-refractivity contribution is 7.88. The lowest BCUT2D eigenvalue weighted by Crippen LogP contribution is -2.41. The van der Waals surface area contributed by atoms with E-state index in [1.807, 2.05) is 0 Å². The third kappa shape index (κ3) is 4.82. The fourth-order valence-corrected chi connectivity index (χ4v) is 3.20. The molecule has 0 aliphatic carbocycles. The molecule has 7 heteroatoms. The summed E-state index contributed by atoms with van der Waals surface area (Å²) in [5, 5.41) is 0. The summed E-state index contributed by atoms with van der Waals surface area (Å²) in [4.78, 5) is 2.13. The Morgan fingerprint density at radius 1 is 1.25 bits per heavy atom. The van der Waals surface area contributed by atoms with Gasteiger partial charge in [0.1, 0.15) is 5.82 Å². The molecular weight excluding hydrogens is 283 g/mol. The lowest BCUT2D eigenvalue weighted by Gasteiger charge is -2.26. The summed E-state index contributed by atoms with van der Waals surface area (Å²) in [6, 6.07) is 5.91. The molecule has 112 valence electrons. The van der Waals surface area contributed by atoms with Crippen molar-refractivity contribution < 1.29 is 17.5 Å². The van der Waals surface area contributed by atoms with E-state index in [9.17, 15) is 12.8 Å². The van der Waals surface area contributed by atoms with Gasteiger partial charge in [0.15, 0.2) is 0 Å². The van der Waals surface area contributed by atoms with E-state index in [4.69, 9.17) is 4.74 Å². The molecule has 0 unspecified atom stereocenters. The highest BCUT2D eigenvalue weighted by Crippen LogP contribution is 2.09. The lowest BCUT2D eigenvalue weighted by atomic mass is 10.2. The zero-order valence-electron chi connectivity index (χ0n) is 11.2. The van der Waals surface area contributed by atoms with Crippen LogP contribution < -0.4 is 4.72 Å². The minimum Gasteiger partial charge on any atom is -0.379 e. The highest BCUT2D eigenvalue weighted by atomic mass is 32.2. The zero-order valence-corrected chi connectivity index (χ0v) is 12.0. The van der Waals surface area contributed by atoms with Crippen molar-refractivity contribution in [3.8, 4) is 0 Å². The topological polar surface area (TPSA) is 58.6 Å². The first-order chi connectivity index (χ1) is 9.57. The van der Waals surface area contributed by atoms with E-state index < -0.39 is 15.8 Å². The van der Waals surface area contributed by atoms with Gasteiger partial charge in [-0.25, -0.2) is 17.5 Å². The molecule has 2 rings (SSSR count). The van der Waals surface area contributed by atoms with Crippen LogP contribution in [0, 0.1) is 5.82 Å². The fraction of sp³-hybridized carbons (Fsp3) is 0.538. The van der Waals surface area contributed by atoms with Crippen LogP contribution in [0.25, 0.3) is 0 Å². The van der Waals surface area contributed by atoms with Gasteiger partial charge in [-0.2, -0.15) is 0 Å². The molecule has 5 nitrogen and oxygen atoms in total. The van der Waals surface area contributed by atoms with Crippen molar-refractivity contribution in [3.05, 3.63) is 35.6 Å². The number of halogens is 1. The maximum atomic E-state index is 13.4. The standard InChI is InChI=1S/C13H19FN2O3S/c14-13-4-2-1-3-12(13)11-20(17,18)15-5-6-16-7-9-19-10-8-16/h1-4,15H,5-11H2. The molecule has 0 saturated carbocycles. The first kappa shape index (κ1) is 15.4. The second-order valence-corrected chi connectivity index (χ2v) is 6.51. The molecule has 1 heterocycles. The number of nitrogens with zero attached hydrogens (tertiary/aromatic N) is 1. The molecule has 0 radical (unpaired) electrons. The van der Waals surface area contributed by atoms with Gasteiger partial charge in [0.25, 0.3) is 0 Å². The van der Waals surface area contributed by atoms with Gasteiger partial charge in [-0.15, -0.1) is 0 Å². The number of ether oxygens (including phenoxy) is 1. The third-order valence-electron chi connectivity index (χ3n) is 3.16. The average Bonchev–Trinajstić information content (AvgIpc) is 2.42. The smallest absolute Gasteiger partial charge is 0.215 e. The van der Waals surface area contributed by atoms with Crippen LogP contribution in [0.1, 0.15) is 5.56 Å². The van der Waals surface area contributed by atoms with Gasteiger partial charge in [-0.3, -0.25) is 4.90 Å². The van der Waals surface area contributed by atoms with Crippen LogP contribution in [0.2, 0.25) is 0 Å². The molecule has 0 atom stereocenters. The van der Waals surface area contributed by atoms with Crippen LogP contribution in [0.5, 0.6) is 0 Å². The first-order valence-corrected chi connectivity index (χ1v) is 8.23. The Bertz CT molecular complexity index is 530. The number of rotatable bonds is 6. The number of hydrogen-bond acceptors (Lipinski definition) is 4. The molecule has 1 aromatic rings. The number of hydrogen-bond donors (Lipinski definition) is 1. The largest absolute Gasteiger partial charge is 0.379 e. The summed E-state index contributed by atoms with van der Waals surface area (Å²) in [5.41, 5.74) is 0.186. The maximum Gasteiger partial charge on any atom is 0.215 e. The lowest BCUT2D eigenvalue weighted by molar-refractivity contribution is 0.0390. The van der Waals surface area contributed by atoms with Gasteiger partial charge in [-0.1, -0.05) is 18.2 Å². The molecule has 1 N–H and O–H groups in total. The van der Waals surface area contributed by atoms with Crippen molar-refractivity contribution in [2.75, 3.05) is 39.4 Å². The second kappa shape index (κ2) is 7.12. The van der Waals surface area contributed by atoms with Gasteiger partial charge in [0.05, 0.1) is 19.0 Å². The van der Waals surface area contributed by atoms with Crippen LogP contribution in [0.4, 0.5) is 4.39 Å². The van der Waals surface area contributed by atoms with Gasteiger partial charge in [0, 0.05) is 31.7 Å². The summed E-state index contributed by atoms with van der Waals surface area (Å²) >= 11 is 0. The van der Waals surface area contributed by atoms with Crippen LogP contribution >= 0.6 is 0 Å². The van der Waals surface area contributed by atoms with Crippen molar-refractivity contribution in [1.82, 2.24) is 9.62 Å². The van der Waals surface area contributed by atoms with E-state index in [-0.39, 0.29) is 11.3 Å². The Labute approximate surface area is 118 Å². The first-order valence-electron chi connectivity index (χ1n) is 6.58. The molecule has 1 aliphatic rings. The SMILES string of the molecule is O=S(=O)(Cc1ccccc1F)NCCN1CCOCC1.